The molecule has 2 fully saturated rings. The summed E-state index contributed by atoms with van der Waals surface area (Å²) in [5, 5.41) is 7.90. The summed E-state index contributed by atoms with van der Waals surface area (Å²) in [6.45, 7) is 4.47. The zero-order valence-electron chi connectivity index (χ0n) is 17.5. The van der Waals surface area contributed by atoms with Crippen LogP contribution in [0.15, 0.2) is 47.7 Å². The zero-order valence-corrected chi connectivity index (χ0v) is 17.5. The third-order valence-corrected chi connectivity index (χ3v) is 5.66. The van der Waals surface area contributed by atoms with Gasteiger partial charge in [-0.05, 0) is 37.0 Å². The van der Waals surface area contributed by atoms with Gasteiger partial charge in [0.05, 0.1) is 11.9 Å². The number of piperazine rings is 1. The summed E-state index contributed by atoms with van der Waals surface area (Å²) in [4.78, 5) is 21.1. The van der Waals surface area contributed by atoms with Gasteiger partial charge in [0.1, 0.15) is 6.10 Å². The molecule has 3 heterocycles. The van der Waals surface area contributed by atoms with Crippen LogP contribution in [0.2, 0.25) is 0 Å². The molecular weight excluding hydrogens is 380 g/mol. The van der Waals surface area contributed by atoms with E-state index in [0.29, 0.717) is 19.7 Å². The second kappa shape index (κ2) is 9.75. The van der Waals surface area contributed by atoms with E-state index in [1.807, 2.05) is 46.1 Å². The van der Waals surface area contributed by atoms with Crippen LogP contribution in [0.5, 0.6) is 0 Å². The highest BCUT2D eigenvalue weighted by Gasteiger charge is 2.30. The quantitative estimate of drug-likeness (QED) is 0.594. The molecule has 1 aromatic heterocycles. The van der Waals surface area contributed by atoms with Crippen molar-refractivity contribution in [3.05, 3.63) is 48.3 Å². The Morgan fingerprint density at radius 1 is 1.20 bits per heavy atom. The lowest BCUT2D eigenvalue weighted by Gasteiger charge is -2.37. The highest BCUT2D eigenvalue weighted by Crippen LogP contribution is 2.16. The van der Waals surface area contributed by atoms with E-state index < -0.39 is 0 Å². The molecule has 30 heavy (non-hydrogen) atoms. The predicted octanol–water partition coefficient (Wildman–Crippen LogP) is 1.31. The molecule has 0 aliphatic carbocycles. The van der Waals surface area contributed by atoms with E-state index in [1.165, 1.54) is 5.56 Å². The monoisotopic (exact) mass is 410 g/mol. The maximum absolute atomic E-state index is 12.5. The molecule has 2 saturated heterocycles. The highest BCUT2D eigenvalue weighted by molar-refractivity contribution is 5.82. The third-order valence-electron chi connectivity index (χ3n) is 5.66. The van der Waals surface area contributed by atoms with E-state index in [-0.39, 0.29) is 12.0 Å². The number of hydrogen-bond acceptors (Lipinski definition) is 4. The van der Waals surface area contributed by atoms with Crippen molar-refractivity contribution < 1.29 is 9.53 Å². The van der Waals surface area contributed by atoms with Gasteiger partial charge in [-0.3, -0.25) is 9.79 Å². The molecule has 1 N–H and O–H groups in total. The molecule has 1 unspecified atom stereocenters. The number of carbonyl (C=O) groups is 1. The fourth-order valence-electron chi connectivity index (χ4n) is 3.98. The van der Waals surface area contributed by atoms with Crippen molar-refractivity contribution in [3.8, 4) is 5.69 Å². The Kier molecular flexibility index (Phi) is 6.63. The van der Waals surface area contributed by atoms with E-state index in [9.17, 15) is 4.79 Å². The summed E-state index contributed by atoms with van der Waals surface area (Å²) >= 11 is 0. The van der Waals surface area contributed by atoms with Crippen LogP contribution < -0.4 is 5.32 Å². The number of para-hydroxylation sites is 1. The van der Waals surface area contributed by atoms with Crippen LogP contribution in [-0.2, 0) is 16.0 Å². The minimum atomic E-state index is -0.231. The molecule has 1 atom stereocenters. The Balaban J connectivity index is 1.23. The number of nitrogens with one attached hydrogen (secondary N) is 1. The number of carbonyl (C=O) groups excluding carboxylic acids is 1. The predicted molar refractivity (Wildman–Crippen MR) is 116 cm³/mol. The minimum Gasteiger partial charge on any atom is -0.368 e. The van der Waals surface area contributed by atoms with Gasteiger partial charge in [0.15, 0.2) is 5.96 Å². The Bertz CT molecular complexity index is 852. The number of aromatic nitrogens is 2. The topological polar surface area (TPSA) is 75.0 Å². The first kappa shape index (κ1) is 20.4. The average Bonchev–Trinajstić information content (AvgIpc) is 3.50. The fourth-order valence-corrected chi connectivity index (χ4v) is 3.98. The normalized spacial score (nSPS) is 19.9. The van der Waals surface area contributed by atoms with Crippen LogP contribution in [0.25, 0.3) is 5.69 Å². The molecule has 1 aromatic carbocycles. The molecule has 4 rings (SSSR count). The molecule has 2 aliphatic heterocycles. The molecule has 1 amide bonds. The number of benzene rings is 1. The van der Waals surface area contributed by atoms with Crippen molar-refractivity contribution in [2.24, 2.45) is 4.99 Å². The van der Waals surface area contributed by atoms with Crippen LogP contribution in [-0.4, -0.2) is 83.9 Å². The van der Waals surface area contributed by atoms with Crippen LogP contribution in [0, 0.1) is 0 Å². The molecule has 2 aliphatic rings. The molecule has 160 valence electrons. The zero-order chi connectivity index (χ0) is 20.8. The van der Waals surface area contributed by atoms with Gasteiger partial charge in [-0.15, -0.1) is 0 Å². The van der Waals surface area contributed by atoms with E-state index in [2.05, 4.69) is 26.5 Å². The molecule has 8 nitrogen and oxygen atoms in total. The summed E-state index contributed by atoms with van der Waals surface area (Å²) < 4.78 is 7.44. The van der Waals surface area contributed by atoms with Crippen molar-refractivity contribution in [1.82, 2.24) is 24.9 Å². The van der Waals surface area contributed by atoms with E-state index >= 15 is 0 Å². The first-order chi connectivity index (χ1) is 14.7. The van der Waals surface area contributed by atoms with Gasteiger partial charge in [0, 0.05) is 52.6 Å². The number of guanidine groups is 1. The Morgan fingerprint density at radius 2 is 1.97 bits per heavy atom. The van der Waals surface area contributed by atoms with Crippen molar-refractivity contribution in [1.29, 1.82) is 0 Å². The summed E-state index contributed by atoms with van der Waals surface area (Å²) in [5.74, 6) is 1.03. The summed E-state index contributed by atoms with van der Waals surface area (Å²) in [7, 11) is 1.81. The largest absolute Gasteiger partial charge is 0.368 e. The summed E-state index contributed by atoms with van der Waals surface area (Å²) in [6.07, 6.45) is 6.44. The number of nitrogens with zero attached hydrogens (tertiary/aromatic N) is 5. The first-order valence-electron chi connectivity index (χ1n) is 10.7. The van der Waals surface area contributed by atoms with Gasteiger partial charge >= 0.3 is 0 Å². The Morgan fingerprint density at radius 3 is 2.67 bits per heavy atom. The van der Waals surface area contributed by atoms with E-state index in [1.54, 1.807) is 7.05 Å². The number of aliphatic imine (C=N–C) groups is 1. The number of rotatable bonds is 5. The SMILES string of the molecule is CN=C(NCCc1cnn(-c2ccccc2)c1)N1CCN(C(=O)C2CCCO2)CC1. The second-order valence-electron chi connectivity index (χ2n) is 7.67. The van der Waals surface area contributed by atoms with Crippen molar-refractivity contribution >= 4 is 11.9 Å². The molecule has 0 bridgehead atoms. The fraction of sp³-hybridized carbons (Fsp3) is 0.500. The third kappa shape index (κ3) is 4.81. The average molecular weight is 411 g/mol. The summed E-state index contributed by atoms with van der Waals surface area (Å²) in [6, 6.07) is 10.1. The van der Waals surface area contributed by atoms with Gasteiger partial charge in [-0.1, -0.05) is 18.2 Å². The lowest BCUT2D eigenvalue weighted by Crippen LogP contribution is -2.55. The van der Waals surface area contributed by atoms with Gasteiger partial charge in [0.2, 0.25) is 0 Å². The number of hydrogen-bond donors (Lipinski definition) is 1. The number of amides is 1. The standard InChI is InChI=1S/C22H30N6O2/c1-23-22(27-13-11-26(12-14-27)21(29)20-8-5-15-30-20)24-10-9-18-16-25-28(17-18)19-6-3-2-4-7-19/h2-4,6-7,16-17,20H,5,8-15H2,1H3,(H,23,24). The molecule has 0 radical (unpaired) electrons. The maximum Gasteiger partial charge on any atom is 0.251 e. The van der Waals surface area contributed by atoms with Crippen molar-refractivity contribution in [2.75, 3.05) is 46.4 Å². The van der Waals surface area contributed by atoms with E-state index in [0.717, 1.165) is 50.5 Å². The smallest absolute Gasteiger partial charge is 0.251 e. The van der Waals surface area contributed by atoms with Gasteiger partial charge in [-0.25, -0.2) is 4.68 Å². The van der Waals surface area contributed by atoms with Crippen LogP contribution in [0.1, 0.15) is 18.4 Å². The lowest BCUT2D eigenvalue weighted by molar-refractivity contribution is -0.142. The van der Waals surface area contributed by atoms with Gasteiger partial charge < -0.3 is 19.9 Å². The van der Waals surface area contributed by atoms with Crippen LogP contribution in [0.3, 0.4) is 0 Å². The van der Waals surface area contributed by atoms with Gasteiger partial charge in [0.25, 0.3) is 5.91 Å². The van der Waals surface area contributed by atoms with Crippen molar-refractivity contribution in [3.63, 3.8) is 0 Å². The van der Waals surface area contributed by atoms with Crippen LogP contribution in [0.4, 0.5) is 0 Å². The highest BCUT2D eigenvalue weighted by atomic mass is 16.5. The minimum absolute atomic E-state index is 0.144. The Hall–Kier alpha value is -2.87. The van der Waals surface area contributed by atoms with Gasteiger partial charge in [-0.2, -0.15) is 5.10 Å². The Labute approximate surface area is 177 Å². The molecular formula is C22H30N6O2. The molecule has 0 saturated carbocycles. The second-order valence-corrected chi connectivity index (χ2v) is 7.67. The van der Waals surface area contributed by atoms with Crippen LogP contribution >= 0.6 is 0 Å². The summed E-state index contributed by atoms with van der Waals surface area (Å²) in [5.41, 5.74) is 2.23. The number of ether oxygens (including phenoxy) is 1. The van der Waals surface area contributed by atoms with Crippen molar-refractivity contribution in [2.45, 2.75) is 25.4 Å². The molecule has 8 heteroatoms. The first-order valence-corrected chi connectivity index (χ1v) is 10.7. The van der Waals surface area contributed by atoms with E-state index in [4.69, 9.17) is 4.74 Å². The molecule has 0 spiro atoms. The lowest BCUT2D eigenvalue weighted by atomic mass is 10.2. The molecule has 2 aromatic rings. The maximum atomic E-state index is 12.5.